The molecule has 2 aromatic heterocycles. The smallest absolute Gasteiger partial charge is 0.183 e. The second-order valence-electron chi connectivity index (χ2n) is 4.26. The summed E-state index contributed by atoms with van der Waals surface area (Å²) in [6, 6.07) is 7.98. The van der Waals surface area contributed by atoms with Crippen LogP contribution in [-0.2, 0) is 6.54 Å². The van der Waals surface area contributed by atoms with Crippen LogP contribution in [0.15, 0.2) is 30.5 Å². The van der Waals surface area contributed by atoms with E-state index in [0.29, 0.717) is 16.8 Å². The number of hydrogen-bond acceptors (Lipinski definition) is 5. The number of hydrogen-bond donors (Lipinski definition) is 2. The molecule has 0 saturated carbocycles. The van der Waals surface area contributed by atoms with E-state index in [1.54, 1.807) is 6.20 Å². The lowest BCUT2D eigenvalue weighted by atomic mass is 10.2. The van der Waals surface area contributed by atoms with Gasteiger partial charge in [0.2, 0.25) is 0 Å². The van der Waals surface area contributed by atoms with Gasteiger partial charge in [-0.15, -0.1) is 11.3 Å². The van der Waals surface area contributed by atoms with Gasteiger partial charge in [0, 0.05) is 22.3 Å². The fourth-order valence-corrected chi connectivity index (χ4v) is 2.71. The average Bonchev–Trinajstić information content (AvgIpc) is 3.06. The maximum atomic E-state index is 5.81. The van der Waals surface area contributed by atoms with E-state index in [4.69, 9.17) is 11.6 Å². The third-order valence-corrected chi connectivity index (χ3v) is 3.82. The average molecular weight is 306 g/mol. The standard InChI is InChI=1S/C13H12ClN5S/c1-8-17-12(19-18-8)9-3-2-4-10(5-9)15-6-11-7-16-13(14)20-11/h2-5,7,15H,6H2,1H3,(H,17,18,19). The number of rotatable bonds is 4. The minimum atomic E-state index is 0.562. The summed E-state index contributed by atoms with van der Waals surface area (Å²) in [5.74, 6) is 1.50. The highest BCUT2D eigenvalue weighted by molar-refractivity contribution is 7.15. The van der Waals surface area contributed by atoms with Gasteiger partial charge in [-0.3, -0.25) is 5.10 Å². The summed E-state index contributed by atoms with van der Waals surface area (Å²) in [6.45, 7) is 2.58. The summed E-state index contributed by atoms with van der Waals surface area (Å²) >= 11 is 7.28. The Hall–Kier alpha value is -1.92. The molecule has 0 radical (unpaired) electrons. The number of thiazole rings is 1. The van der Waals surface area contributed by atoms with Crippen LogP contribution < -0.4 is 5.32 Å². The van der Waals surface area contributed by atoms with Gasteiger partial charge >= 0.3 is 0 Å². The van der Waals surface area contributed by atoms with E-state index in [1.165, 1.54) is 11.3 Å². The number of nitrogens with one attached hydrogen (secondary N) is 2. The van der Waals surface area contributed by atoms with E-state index < -0.39 is 0 Å². The number of nitrogens with zero attached hydrogens (tertiary/aromatic N) is 3. The number of halogens is 1. The minimum absolute atomic E-state index is 0.562. The highest BCUT2D eigenvalue weighted by Gasteiger charge is 2.05. The monoisotopic (exact) mass is 305 g/mol. The quantitative estimate of drug-likeness (QED) is 0.774. The molecule has 0 aliphatic heterocycles. The summed E-state index contributed by atoms with van der Waals surface area (Å²) in [7, 11) is 0. The third-order valence-electron chi connectivity index (χ3n) is 2.71. The predicted octanol–water partition coefficient (Wildman–Crippen LogP) is 3.50. The van der Waals surface area contributed by atoms with Crippen molar-refractivity contribution in [3.05, 3.63) is 45.6 Å². The molecule has 5 nitrogen and oxygen atoms in total. The van der Waals surface area contributed by atoms with Crippen molar-refractivity contribution < 1.29 is 0 Å². The van der Waals surface area contributed by atoms with Crippen LogP contribution >= 0.6 is 22.9 Å². The van der Waals surface area contributed by atoms with Crippen LogP contribution in [0.5, 0.6) is 0 Å². The molecule has 7 heteroatoms. The van der Waals surface area contributed by atoms with Crippen LogP contribution in [0.3, 0.4) is 0 Å². The molecule has 0 atom stereocenters. The van der Waals surface area contributed by atoms with Gasteiger partial charge in [0.15, 0.2) is 10.3 Å². The summed E-state index contributed by atoms with van der Waals surface area (Å²) in [5.41, 5.74) is 1.98. The number of aryl methyl sites for hydroxylation is 1. The molecule has 0 fully saturated rings. The summed E-state index contributed by atoms with van der Waals surface area (Å²) in [4.78, 5) is 9.43. The van der Waals surface area contributed by atoms with Gasteiger partial charge in [0.1, 0.15) is 5.82 Å². The lowest BCUT2D eigenvalue weighted by molar-refractivity contribution is 1.04. The molecule has 0 aliphatic rings. The van der Waals surface area contributed by atoms with Crippen LogP contribution in [0.1, 0.15) is 10.7 Å². The molecule has 0 unspecified atom stereocenters. The SMILES string of the molecule is Cc1nc(-c2cccc(NCc3cnc(Cl)s3)c2)n[nH]1. The Morgan fingerprint density at radius 3 is 3.00 bits per heavy atom. The number of benzene rings is 1. The first-order chi connectivity index (χ1) is 9.70. The largest absolute Gasteiger partial charge is 0.380 e. The molecule has 0 bridgehead atoms. The number of H-pyrrole nitrogens is 1. The van der Waals surface area contributed by atoms with Gasteiger partial charge in [0.25, 0.3) is 0 Å². The topological polar surface area (TPSA) is 66.5 Å². The van der Waals surface area contributed by atoms with Crippen molar-refractivity contribution in [1.29, 1.82) is 0 Å². The molecule has 20 heavy (non-hydrogen) atoms. The number of aromatic amines is 1. The molecule has 0 amide bonds. The van der Waals surface area contributed by atoms with E-state index in [0.717, 1.165) is 22.0 Å². The zero-order valence-corrected chi connectivity index (χ0v) is 12.3. The number of aromatic nitrogens is 4. The van der Waals surface area contributed by atoms with Crippen molar-refractivity contribution in [2.45, 2.75) is 13.5 Å². The van der Waals surface area contributed by atoms with E-state index >= 15 is 0 Å². The Labute approximate surface area is 125 Å². The fourth-order valence-electron chi connectivity index (χ4n) is 1.79. The molecule has 0 spiro atoms. The van der Waals surface area contributed by atoms with E-state index in [1.807, 2.05) is 31.2 Å². The highest BCUT2D eigenvalue weighted by Crippen LogP contribution is 2.22. The summed E-state index contributed by atoms with van der Waals surface area (Å²) in [6.07, 6.45) is 1.78. The van der Waals surface area contributed by atoms with Crippen molar-refractivity contribution in [3.63, 3.8) is 0 Å². The van der Waals surface area contributed by atoms with Crippen LogP contribution in [0, 0.1) is 6.92 Å². The Morgan fingerprint density at radius 2 is 2.30 bits per heavy atom. The molecular weight excluding hydrogens is 294 g/mol. The molecule has 2 heterocycles. The minimum Gasteiger partial charge on any atom is -0.380 e. The van der Waals surface area contributed by atoms with Crippen LogP contribution in [0.4, 0.5) is 5.69 Å². The second kappa shape index (κ2) is 5.60. The van der Waals surface area contributed by atoms with Crippen molar-refractivity contribution >= 4 is 28.6 Å². The maximum absolute atomic E-state index is 5.81. The van der Waals surface area contributed by atoms with Gasteiger partial charge in [-0.2, -0.15) is 5.10 Å². The first kappa shape index (κ1) is 13.1. The third kappa shape index (κ3) is 2.97. The molecule has 2 N–H and O–H groups in total. The summed E-state index contributed by atoms with van der Waals surface area (Å²) in [5, 5.41) is 10.3. The lowest BCUT2D eigenvalue weighted by Gasteiger charge is -2.05. The first-order valence-electron chi connectivity index (χ1n) is 6.04. The lowest BCUT2D eigenvalue weighted by Crippen LogP contribution is -1.97. The predicted molar refractivity (Wildman–Crippen MR) is 81.0 cm³/mol. The zero-order valence-electron chi connectivity index (χ0n) is 10.7. The van der Waals surface area contributed by atoms with Crippen molar-refractivity contribution in [3.8, 4) is 11.4 Å². The molecule has 0 aliphatic carbocycles. The van der Waals surface area contributed by atoms with Crippen LogP contribution in [0.2, 0.25) is 4.47 Å². The van der Waals surface area contributed by atoms with Crippen molar-refractivity contribution in [2.75, 3.05) is 5.32 Å². The maximum Gasteiger partial charge on any atom is 0.183 e. The molecule has 1 aromatic carbocycles. The van der Waals surface area contributed by atoms with Gasteiger partial charge in [0.05, 0.1) is 6.54 Å². The Bertz CT molecular complexity index is 721. The molecule has 3 aromatic rings. The Balaban J connectivity index is 1.74. The Morgan fingerprint density at radius 1 is 1.40 bits per heavy atom. The summed E-state index contributed by atoms with van der Waals surface area (Å²) < 4.78 is 0.562. The Kier molecular flexibility index (Phi) is 3.66. The molecule has 102 valence electrons. The van der Waals surface area contributed by atoms with E-state index in [2.05, 4.69) is 25.5 Å². The van der Waals surface area contributed by atoms with Gasteiger partial charge < -0.3 is 5.32 Å². The van der Waals surface area contributed by atoms with Crippen LogP contribution in [0.25, 0.3) is 11.4 Å². The zero-order chi connectivity index (χ0) is 13.9. The number of anilines is 1. The van der Waals surface area contributed by atoms with Crippen LogP contribution in [-0.4, -0.2) is 20.2 Å². The normalized spacial score (nSPS) is 10.7. The van der Waals surface area contributed by atoms with Crippen molar-refractivity contribution in [2.24, 2.45) is 0 Å². The molecule has 0 saturated heterocycles. The molecule has 3 rings (SSSR count). The second-order valence-corrected chi connectivity index (χ2v) is 5.96. The highest BCUT2D eigenvalue weighted by atomic mass is 35.5. The van der Waals surface area contributed by atoms with Gasteiger partial charge in [-0.1, -0.05) is 23.7 Å². The van der Waals surface area contributed by atoms with Gasteiger partial charge in [-0.25, -0.2) is 9.97 Å². The fraction of sp³-hybridized carbons (Fsp3) is 0.154. The van der Waals surface area contributed by atoms with Gasteiger partial charge in [-0.05, 0) is 19.1 Å². The van der Waals surface area contributed by atoms with E-state index in [-0.39, 0.29) is 0 Å². The first-order valence-corrected chi connectivity index (χ1v) is 7.24. The molecular formula is C13H12ClN5S. The van der Waals surface area contributed by atoms with Crippen molar-refractivity contribution in [1.82, 2.24) is 20.2 Å². The van der Waals surface area contributed by atoms with E-state index in [9.17, 15) is 0 Å².